The van der Waals surface area contributed by atoms with E-state index in [-0.39, 0.29) is 51.8 Å². The molecule has 0 spiro atoms. The number of nitrogens with zero attached hydrogens (tertiary/aromatic N) is 2. The maximum Gasteiger partial charge on any atom is 0.309 e. The third-order valence-corrected chi connectivity index (χ3v) is 17.4. The summed E-state index contributed by atoms with van der Waals surface area (Å²) in [6.45, 7) is 22.6. The summed E-state index contributed by atoms with van der Waals surface area (Å²) in [6.07, 6.45) is 7.13. The molecule has 9 heteroatoms. The first-order valence-corrected chi connectivity index (χ1v) is 22.3. The lowest BCUT2D eigenvalue weighted by Crippen LogP contribution is -2.66. The summed E-state index contributed by atoms with van der Waals surface area (Å²) in [5.74, 6) is 0.00261. The van der Waals surface area contributed by atoms with Gasteiger partial charge in [-0.15, -0.1) is 0 Å². The van der Waals surface area contributed by atoms with Gasteiger partial charge in [0, 0.05) is 48.5 Å². The lowest BCUT2D eigenvalue weighted by molar-refractivity contribution is -0.235. The van der Waals surface area contributed by atoms with Gasteiger partial charge in [-0.1, -0.05) is 77.8 Å². The molecule has 9 atom stereocenters. The van der Waals surface area contributed by atoms with Gasteiger partial charge in [-0.2, -0.15) is 0 Å². The highest BCUT2D eigenvalue weighted by atomic mass is 35.5. The molecule has 57 heavy (non-hydrogen) atoms. The number of carboxylic acids is 1. The molecule has 0 aliphatic heterocycles. The first-order valence-electron chi connectivity index (χ1n) is 21.9. The van der Waals surface area contributed by atoms with Gasteiger partial charge in [-0.3, -0.25) is 19.3 Å². The molecule has 1 unspecified atom stereocenters. The number of carboxylic acid groups (broad SMARTS) is 1. The van der Waals surface area contributed by atoms with E-state index in [4.69, 9.17) is 16.3 Å². The van der Waals surface area contributed by atoms with Crippen LogP contribution >= 0.6 is 11.6 Å². The van der Waals surface area contributed by atoms with Crippen molar-refractivity contribution in [2.75, 3.05) is 33.7 Å². The molecule has 0 amide bonds. The number of benzene rings is 1. The number of esters is 1. The predicted molar refractivity (Wildman–Crippen MR) is 227 cm³/mol. The zero-order valence-corrected chi connectivity index (χ0v) is 37.7. The number of carbonyl (C=O) groups excluding carboxylic acids is 2. The van der Waals surface area contributed by atoms with Crippen molar-refractivity contribution in [1.29, 1.82) is 0 Å². The van der Waals surface area contributed by atoms with E-state index in [9.17, 15) is 24.6 Å². The van der Waals surface area contributed by atoms with Crippen LogP contribution in [-0.2, 0) is 25.7 Å². The fraction of sp³-hybridized carbons (Fsp3) is 0.771. The second-order valence-corrected chi connectivity index (χ2v) is 22.2. The van der Waals surface area contributed by atoms with Crippen LogP contribution in [0, 0.1) is 56.2 Å². The van der Waals surface area contributed by atoms with Crippen LogP contribution in [0.4, 0.5) is 0 Å². The summed E-state index contributed by atoms with van der Waals surface area (Å²) in [5.41, 5.74) is 1.54. The molecule has 0 aromatic heterocycles. The minimum absolute atomic E-state index is 0.0308. The van der Waals surface area contributed by atoms with Crippen LogP contribution in [0.1, 0.15) is 132 Å². The highest BCUT2D eigenvalue weighted by Crippen LogP contribution is 2.77. The van der Waals surface area contributed by atoms with E-state index in [1.807, 2.05) is 12.1 Å². The molecular weight excluding hydrogens is 736 g/mol. The molecule has 6 rings (SSSR count). The summed E-state index contributed by atoms with van der Waals surface area (Å²) >= 11 is 6.24. The Hall–Kier alpha value is -2.26. The van der Waals surface area contributed by atoms with Crippen LogP contribution in [0.2, 0.25) is 5.02 Å². The Morgan fingerprint density at radius 3 is 2.19 bits per heavy atom. The lowest BCUT2D eigenvalue weighted by atomic mass is 9.33. The van der Waals surface area contributed by atoms with E-state index in [2.05, 4.69) is 84.5 Å². The van der Waals surface area contributed by atoms with Crippen LogP contribution in [0.5, 0.6) is 0 Å². The zero-order valence-electron chi connectivity index (χ0n) is 37.0. The van der Waals surface area contributed by atoms with E-state index in [0.29, 0.717) is 36.4 Å². The third kappa shape index (κ3) is 7.58. The first kappa shape index (κ1) is 44.3. The molecule has 0 bridgehead atoms. The van der Waals surface area contributed by atoms with Crippen molar-refractivity contribution in [2.45, 2.75) is 145 Å². The molecule has 4 saturated carbocycles. The molecule has 1 aromatic rings. The molecule has 4 fully saturated rings. The molecule has 8 nitrogen and oxygen atoms in total. The fourth-order valence-corrected chi connectivity index (χ4v) is 13.9. The molecule has 2 N–H and O–H groups in total. The van der Waals surface area contributed by atoms with Crippen molar-refractivity contribution in [2.24, 2.45) is 56.2 Å². The minimum Gasteiger partial charge on any atom is -0.481 e. The number of aliphatic hydroxyl groups is 1. The van der Waals surface area contributed by atoms with Crippen LogP contribution in [0.3, 0.4) is 0 Å². The van der Waals surface area contributed by atoms with Gasteiger partial charge >= 0.3 is 11.9 Å². The van der Waals surface area contributed by atoms with Gasteiger partial charge in [-0.05, 0) is 142 Å². The smallest absolute Gasteiger partial charge is 0.309 e. The Balaban J connectivity index is 1.29. The van der Waals surface area contributed by atoms with Gasteiger partial charge in [-0.25, -0.2) is 0 Å². The summed E-state index contributed by atoms with van der Waals surface area (Å²) in [6, 6.07) is 8.00. The Morgan fingerprint density at radius 2 is 1.58 bits per heavy atom. The molecule has 5 aliphatic rings. The maximum absolute atomic E-state index is 14.3. The number of carbonyl (C=O) groups is 3. The number of likely N-dealkylation sites (N-methyl/N-ethyl adjacent to an activating group) is 1. The van der Waals surface area contributed by atoms with Crippen LogP contribution in [0.25, 0.3) is 0 Å². The third-order valence-electron chi connectivity index (χ3n) is 17.1. The summed E-state index contributed by atoms with van der Waals surface area (Å²) < 4.78 is 6.20. The number of halogens is 1. The first-order chi connectivity index (χ1) is 26.4. The summed E-state index contributed by atoms with van der Waals surface area (Å²) in [7, 11) is 4.17. The maximum atomic E-state index is 14.3. The summed E-state index contributed by atoms with van der Waals surface area (Å²) in [5, 5.41) is 23.0. The molecule has 318 valence electrons. The number of ether oxygens (including phenoxy) is 1. The van der Waals surface area contributed by atoms with Crippen molar-refractivity contribution in [3.63, 3.8) is 0 Å². The SMILES string of the molecule is CC(C)C1=C2[C@H]3CC[C@@H]4[C@@]5(C)CC[C@H](OC(=O)CC(C)(C)C(=O)O)C(C)(C)[C@@H]5CC[C@@]4(C)[C@]3(C)CC[C@@]2(C(O)CN(CCN(C)C)Cc2ccc(Cl)cc2)CC1=O. The van der Waals surface area contributed by atoms with Crippen molar-refractivity contribution >= 4 is 29.3 Å². The highest BCUT2D eigenvalue weighted by molar-refractivity contribution is 6.30. The molecule has 5 aliphatic carbocycles. The van der Waals surface area contributed by atoms with Crippen molar-refractivity contribution in [1.82, 2.24) is 9.80 Å². The fourth-order valence-electron chi connectivity index (χ4n) is 13.8. The van der Waals surface area contributed by atoms with E-state index in [0.717, 1.165) is 75.6 Å². The van der Waals surface area contributed by atoms with E-state index in [1.54, 1.807) is 13.8 Å². The zero-order chi connectivity index (χ0) is 42.1. The number of aliphatic hydroxyl groups excluding tert-OH is 1. The number of hydrogen-bond acceptors (Lipinski definition) is 7. The van der Waals surface area contributed by atoms with E-state index in [1.165, 1.54) is 5.57 Å². The lowest BCUT2D eigenvalue weighted by Gasteiger charge is -2.72. The van der Waals surface area contributed by atoms with Gasteiger partial charge < -0.3 is 19.8 Å². The van der Waals surface area contributed by atoms with Gasteiger partial charge in [0.1, 0.15) is 6.10 Å². The van der Waals surface area contributed by atoms with Crippen molar-refractivity contribution in [3.8, 4) is 0 Å². The van der Waals surface area contributed by atoms with Gasteiger partial charge in [0.15, 0.2) is 5.78 Å². The topological polar surface area (TPSA) is 107 Å². The van der Waals surface area contributed by atoms with Crippen molar-refractivity contribution in [3.05, 3.63) is 46.0 Å². The number of Topliss-reactive ketones (excluding diaryl/α,β-unsaturated/α-hetero) is 1. The standard InChI is InChI=1S/C48H73ClN2O6/c1-30(2)40-34(52)26-48(37(53)29-51(25-24-50(10)11)28-31-12-14-32(49)15-13-31)23-22-46(8)33(41(40)48)16-17-36-45(7)20-19-38(57-39(54)27-43(3,4)42(55)56)44(5,6)35(45)18-21-47(36,46)9/h12-15,30,33,35-38,53H,16-29H2,1-11H3,(H,55,56)/t33-,35+,36-,37?,38+,45+,46-,47-,48+/m1/s1. The quantitative estimate of drug-likeness (QED) is 0.190. The predicted octanol–water partition coefficient (Wildman–Crippen LogP) is 9.46. The Bertz CT molecular complexity index is 1740. The molecule has 1 aromatic carbocycles. The number of allylic oxidation sites excluding steroid dienone is 1. The second-order valence-electron chi connectivity index (χ2n) is 21.7. The number of ketones is 1. The van der Waals surface area contributed by atoms with Crippen LogP contribution < -0.4 is 0 Å². The second kappa shape index (κ2) is 15.6. The van der Waals surface area contributed by atoms with Gasteiger partial charge in [0.05, 0.1) is 17.9 Å². The van der Waals surface area contributed by atoms with Gasteiger partial charge in [0.25, 0.3) is 0 Å². The number of hydrogen-bond donors (Lipinski definition) is 2. The largest absolute Gasteiger partial charge is 0.481 e. The Morgan fingerprint density at radius 1 is 0.912 bits per heavy atom. The van der Waals surface area contributed by atoms with Crippen molar-refractivity contribution < 1.29 is 29.3 Å². The average Bonchev–Trinajstić information content (AvgIpc) is 3.42. The number of aliphatic carboxylic acids is 1. The number of fused-ring (bicyclic) bond motifs is 7. The Labute approximate surface area is 348 Å². The highest BCUT2D eigenvalue weighted by Gasteiger charge is 2.71. The normalized spacial score (nSPS) is 35.5. The number of rotatable bonds is 13. The van der Waals surface area contributed by atoms with Crippen LogP contribution in [0.15, 0.2) is 35.4 Å². The van der Waals surface area contributed by atoms with Gasteiger partial charge in [0.2, 0.25) is 0 Å². The molecular formula is C48H73ClN2O6. The molecule has 0 radical (unpaired) electrons. The van der Waals surface area contributed by atoms with Crippen LogP contribution in [-0.4, -0.2) is 83.7 Å². The van der Waals surface area contributed by atoms with E-state index < -0.39 is 28.9 Å². The minimum atomic E-state index is -1.17. The molecule has 0 saturated heterocycles. The Kier molecular flexibility index (Phi) is 12.2. The monoisotopic (exact) mass is 809 g/mol. The van der Waals surface area contributed by atoms with E-state index >= 15 is 0 Å². The summed E-state index contributed by atoms with van der Waals surface area (Å²) in [4.78, 5) is 43.8. The molecule has 0 heterocycles. The average molecular weight is 810 g/mol.